The number of ether oxygens (including phenoxy) is 1. The van der Waals surface area contributed by atoms with Gasteiger partial charge in [0.05, 0.1) is 11.7 Å². The molecule has 4 rings (SSSR count). The van der Waals surface area contributed by atoms with Gasteiger partial charge in [-0.25, -0.2) is 0 Å². The van der Waals surface area contributed by atoms with Crippen LogP contribution in [0.1, 0.15) is 56.1 Å². The molecule has 2 fully saturated rings. The van der Waals surface area contributed by atoms with Crippen molar-refractivity contribution >= 4 is 0 Å². The first-order chi connectivity index (χ1) is 10.3. The predicted octanol–water partition coefficient (Wildman–Crippen LogP) is 3.63. The Morgan fingerprint density at radius 2 is 1.71 bits per heavy atom. The molecule has 2 nitrogen and oxygen atoms in total. The average molecular weight is 285 g/mol. The molecule has 1 N–H and O–H groups in total. The molecule has 1 aromatic rings. The predicted molar refractivity (Wildman–Crippen MR) is 85.6 cm³/mol. The first-order valence-electron chi connectivity index (χ1n) is 8.81. The molecule has 2 heteroatoms. The minimum absolute atomic E-state index is 0.267. The molecule has 2 aliphatic carbocycles. The number of rotatable bonds is 3. The van der Waals surface area contributed by atoms with Crippen LogP contribution < -0.4 is 5.32 Å². The van der Waals surface area contributed by atoms with Gasteiger partial charge in [0, 0.05) is 12.6 Å². The van der Waals surface area contributed by atoms with Gasteiger partial charge in [-0.15, -0.1) is 0 Å². The van der Waals surface area contributed by atoms with Crippen LogP contribution in [0.4, 0.5) is 0 Å². The molecule has 1 spiro atoms. The maximum Gasteiger partial charge on any atom is 0.0708 e. The van der Waals surface area contributed by atoms with Gasteiger partial charge in [0.15, 0.2) is 0 Å². The quantitative estimate of drug-likeness (QED) is 0.916. The Hall–Kier alpha value is -0.860. The summed E-state index contributed by atoms with van der Waals surface area (Å²) in [6.45, 7) is 1.04. The second-order valence-corrected chi connectivity index (χ2v) is 7.30. The van der Waals surface area contributed by atoms with Crippen LogP contribution in [-0.2, 0) is 17.6 Å². The summed E-state index contributed by atoms with van der Waals surface area (Å²) in [4.78, 5) is 0. The van der Waals surface area contributed by atoms with E-state index in [9.17, 15) is 0 Å². The van der Waals surface area contributed by atoms with Gasteiger partial charge in [0.2, 0.25) is 0 Å². The van der Waals surface area contributed by atoms with Gasteiger partial charge in [0.1, 0.15) is 0 Å². The van der Waals surface area contributed by atoms with Crippen LogP contribution in [0.15, 0.2) is 24.3 Å². The first kappa shape index (κ1) is 13.8. The van der Waals surface area contributed by atoms with E-state index in [4.69, 9.17) is 4.74 Å². The van der Waals surface area contributed by atoms with Crippen molar-refractivity contribution in [1.82, 2.24) is 5.32 Å². The Bertz CT molecular complexity index is 467. The first-order valence-corrected chi connectivity index (χ1v) is 8.81. The van der Waals surface area contributed by atoms with Crippen molar-refractivity contribution in [2.45, 2.75) is 75.5 Å². The van der Waals surface area contributed by atoms with Crippen molar-refractivity contribution in [2.24, 2.45) is 0 Å². The van der Waals surface area contributed by atoms with Crippen molar-refractivity contribution in [2.75, 3.05) is 6.54 Å². The molecule has 1 aromatic carbocycles. The fourth-order valence-corrected chi connectivity index (χ4v) is 4.60. The molecule has 1 aliphatic heterocycles. The van der Waals surface area contributed by atoms with Crippen LogP contribution in [0.2, 0.25) is 0 Å². The lowest BCUT2D eigenvalue weighted by Crippen LogP contribution is -2.38. The van der Waals surface area contributed by atoms with E-state index in [0.717, 1.165) is 6.54 Å². The number of benzene rings is 1. The van der Waals surface area contributed by atoms with E-state index in [1.165, 1.54) is 68.9 Å². The largest absolute Gasteiger partial charge is 0.370 e. The summed E-state index contributed by atoms with van der Waals surface area (Å²) >= 11 is 0. The third-order valence-corrected chi connectivity index (χ3v) is 5.79. The van der Waals surface area contributed by atoms with Crippen molar-refractivity contribution in [1.29, 1.82) is 0 Å². The van der Waals surface area contributed by atoms with Gasteiger partial charge in [-0.2, -0.15) is 0 Å². The number of fused-ring (bicyclic) bond motifs is 1. The highest BCUT2D eigenvalue weighted by Crippen LogP contribution is 2.41. The summed E-state index contributed by atoms with van der Waals surface area (Å²) in [6.07, 6.45) is 12.1. The van der Waals surface area contributed by atoms with Gasteiger partial charge in [-0.3, -0.25) is 0 Å². The zero-order chi connectivity index (χ0) is 14.1. The molecule has 114 valence electrons. The summed E-state index contributed by atoms with van der Waals surface area (Å²) < 4.78 is 6.46. The monoisotopic (exact) mass is 285 g/mol. The molecule has 0 radical (unpaired) electrons. The Morgan fingerprint density at radius 1 is 1.00 bits per heavy atom. The van der Waals surface area contributed by atoms with E-state index in [0.29, 0.717) is 12.1 Å². The van der Waals surface area contributed by atoms with Crippen molar-refractivity contribution in [3.05, 3.63) is 35.4 Å². The molecule has 1 heterocycles. The molecule has 0 aromatic heterocycles. The Morgan fingerprint density at radius 3 is 2.43 bits per heavy atom. The molecule has 3 aliphatic rings. The van der Waals surface area contributed by atoms with Gasteiger partial charge in [-0.05, 0) is 49.7 Å². The second kappa shape index (κ2) is 5.73. The Kier molecular flexibility index (Phi) is 3.76. The van der Waals surface area contributed by atoms with Crippen LogP contribution in [0.5, 0.6) is 0 Å². The van der Waals surface area contributed by atoms with E-state index < -0.39 is 0 Å². The summed E-state index contributed by atoms with van der Waals surface area (Å²) in [5, 5.41) is 3.77. The highest BCUT2D eigenvalue weighted by Gasteiger charge is 2.40. The fourth-order valence-electron chi connectivity index (χ4n) is 4.60. The molecule has 0 bridgehead atoms. The lowest BCUT2D eigenvalue weighted by atomic mass is 9.83. The summed E-state index contributed by atoms with van der Waals surface area (Å²) in [5.41, 5.74) is 3.33. The van der Waals surface area contributed by atoms with Crippen LogP contribution in [-0.4, -0.2) is 24.3 Å². The minimum Gasteiger partial charge on any atom is -0.370 e. The molecule has 1 saturated carbocycles. The minimum atomic E-state index is 0.267. The van der Waals surface area contributed by atoms with Crippen LogP contribution >= 0.6 is 0 Å². The normalized spacial score (nSPS) is 28.1. The summed E-state index contributed by atoms with van der Waals surface area (Å²) in [5.74, 6) is 0. The topological polar surface area (TPSA) is 21.3 Å². The van der Waals surface area contributed by atoms with Crippen LogP contribution in [0, 0.1) is 0 Å². The lowest BCUT2D eigenvalue weighted by molar-refractivity contribution is -0.0628. The molecule has 0 amide bonds. The molecule has 1 saturated heterocycles. The van der Waals surface area contributed by atoms with E-state index in [1.54, 1.807) is 0 Å². The molecule has 1 atom stereocenters. The maximum absolute atomic E-state index is 6.46. The summed E-state index contributed by atoms with van der Waals surface area (Å²) in [6, 6.07) is 9.50. The lowest BCUT2D eigenvalue weighted by Gasteiger charge is -2.33. The number of nitrogens with one attached hydrogen (secondary N) is 1. The van der Waals surface area contributed by atoms with Crippen molar-refractivity contribution in [3.63, 3.8) is 0 Å². The van der Waals surface area contributed by atoms with Crippen LogP contribution in [0.25, 0.3) is 0 Å². The molecular formula is C19H27NO. The van der Waals surface area contributed by atoms with Gasteiger partial charge in [-0.1, -0.05) is 43.5 Å². The highest BCUT2D eigenvalue weighted by atomic mass is 16.5. The van der Waals surface area contributed by atoms with Gasteiger partial charge >= 0.3 is 0 Å². The van der Waals surface area contributed by atoms with Crippen molar-refractivity contribution in [3.8, 4) is 0 Å². The smallest absolute Gasteiger partial charge is 0.0708 e. The Labute approximate surface area is 128 Å². The highest BCUT2D eigenvalue weighted by molar-refractivity contribution is 5.33. The van der Waals surface area contributed by atoms with Gasteiger partial charge < -0.3 is 10.1 Å². The fraction of sp³-hybridized carbons (Fsp3) is 0.684. The Balaban J connectivity index is 1.27. The average Bonchev–Trinajstić information content (AvgIpc) is 3.10. The zero-order valence-electron chi connectivity index (χ0n) is 12.9. The number of hydrogen-bond donors (Lipinski definition) is 1. The maximum atomic E-state index is 6.46. The molecular weight excluding hydrogens is 258 g/mol. The van der Waals surface area contributed by atoms with E-state index in [1.807, 2.05) is 0 Å². The summed E-state index contributed by atoms with van der Waals surface area (Å²) in [7, 11) is 0. The van der Waals surface area contributed by atoms with Crippen LogP contribution in [0.3, 0.4) is 0 Å². The van der Waals surface area contributed by atoms with E-state index in [-0.39, 0.29) is 5.60 Å². The molecule has 21 heavy (non-hydrogen) atoms. The van der Waals surface area contributed by atoms with E-state index in [2.05, 4.69) is 29.6 Å². The standard InChI is InChI=1S/C19H27NO/c1-4-9-19(10-5-1)11-8-18(21-19)14-20-17-12-15-6-2-3-7-16(15)13-17/h2-3,6-7,17-18,20H,1,4-5,8-14H2. The number of hydrogen-bond acceptors (Lipinski definition) is 2. The third-order valence-electron chi connectivity index (χ3n) is 5.79. The SMILES string of the molecule is c1ccc2c(c1)CC(NCC1CCC3(CCCCC3)O1)C2. The zero-order valence-corrected chi connectivity index (χ0v) is 12.9. The van der Waals surface area contributed by atoms with E-state index >= 15 is 0 Å². The second-order valence-electron chi connectivity index (χ2n) is 7.30. The van der Waals surface area contributed by atoms with Gasteiger partial charge in [0.25, 0.3) is 0 Å². The van der Waals surface area contributed by atoms with Crippen molar-refractivity contribution < 1.29 is 4.74 Å². The third kappa shape index (κ3) is 2.89. The molecule has 1 unspecified atom stereocenters.